The van der Waals surface area contributed by atoms with Gasteiger partial charge in [-0.3, -0.25) is 14.4 Å². The van der Waals surface area contributed by atoms with E-state index in [9.17, 15) is 14.4 Å². The van der Waals surface area contributed by atoms with Gasteiger partial charge < -0.3 is 14.2 Å². The van der Waals surface area contributed by atoms with Crippen molar-refractivity contribution in [2.45, 2.75) is 348 Å². The van der Waals surface area contributed by atoms with E-state index in [1.54, 1.807) is 0 Å². The minimum absolute atomic E-state index is 0.0832. The van der Waals surface area contributed by atoms with Crippen molar-refractivity contribution in [2.75, 3.05) is 13.2 Å². The van der Waals surface area contributed by atoms with Gasteiger partial charge in [-0.05, 0) is 103 Å². The minimum Gasteiger partial charge on any atom is -0.462 e. The first-order chi connectivity index (χ1) is 41.0. The van der Waals surface area contributed by atoms with Crippen LogP contribution in [-0.2, 0) is 28.6 Å². The van der Waals surface area contributed by atoms with Gasteiger partial charge in [0.15, 0.2) is 6.10 Å². The Morgan fingerprint density at radius 3 is 0.747 bits per heavy atom. The average molecular weight is 1150 g/mol. The van der Waals surface area contributed by atoms with E-state index in [1.165, 1.54) is 180 Å². The van der Waals surface area contributed by atoms with Gasteiger partial charge in [-0.1, -0.05) is 329 Å². The number of carbonyl (C=O) groups excluding carboxylic acids is 3. The summed E-state index contributed by atoms with van der Waals surface area (Å²) in [6.45, 7) is 6.43. The Labute approximate surface area is 514 Å². The van der Waals surface area contributed by atoms with Gasteiger partial charge in [0.05, 0.1) is 0 Å². The fraction of sp³-hybridized carbons (Fsp3) is 0.727. The molecule has 0 amide bonds. The lowest BCUT2D eigenvalue weighted by Gasteiger charge is -2.18. The van der Waals surface area contributed by atoms with Crippen LogP contribution in [0, 0.1) is 0 Å². The molecule has 0 radical (unpaired) electrons. The molecule has 83 heavy (non-hydrogen) atoms. The predicted octanol–water partition coefficient (Wildman–Crippen LogP) is 24.6. The molecule has 0 aliphatic carbocycles. The zero-order valence-corrected chi connectivity index (χ0v) is 54.7. The fourth-order valence-electron chi connectivity index (χ4n) is 10.1. The number of allylic oxidation sites excluding steroid dienone is 18. The quantitative estimate of drug-likeness (QED) is 0.0261. The average Bonchev–Trinajstić information content (AvgIpc) is 3.49. The van der Waals surface area contributed by atoms with E-state index in [0.29, 0.717) is 19.3 Å². The van der Waals surface area contributed by atoms with Crippen LogP contribution in [0.25, 0.3) is 0 Å². The lowest BCUT2D eigenvalue weighted by Crippen LogP contribution is -2.30. The van der Waals surface area contributed by atoms with Crippen LogP contribution < -0.4 is 0 Å². The molecule has 0 saturated carbocycles. The Hall–Kier alpha value is -3.93. The molecule has 0 spiro atoms. The fourth-order valence-corrected chi connectivity index (χ4v) is 10.1. The lowest BCUT2D eigenvalue weighted by atomic mass is 10.0. The van der Waals surface area contributed by atoms with Crippen LogP contribution in [0.2, 0.25) is 0 Å². The monoisotopic (exact) mass is 1150 g/mol. The van der Waals surface area contributed by atoms with Crippen molar-refractivity contribution < 1.29 is 28.6 Å². The first-order valence-electron chi connectivity index (χ1n) is 35.4. The van der Waals surface area contributed by atoms with Crippen LogP contribution in [0.1, 0.15) is 342 Å². The smallest absolute Gasteiger partial charge is 0.306 e. The Balaban J connectivity index is 4.16. The third kappa shape index (κ3) is 68.7. The Bertz CT molecular complexity index is 1660. The highest BCUT2D eigenvalue weighted by atomic mass is 16.6. The van der Waals surface area contributed by atoms with Gasteiger partial charge >= 0.3 is 17.9 Å². The number of unbranched alkanes of at least 4 members (excludes halogenated alkanes) is 35. The van der Waals surface area contributed by atoms with E-state index in [1.807, 2.05) is 0 Å². The van der Waals surface area contributed by atoms with Crippen molar-refractivity contribution in [1.29, 1.82) is 0 Å². The number of carbonyl (C=O) groups is 3. The maximum atomic E-state index is 12.9. The van der Waals surface area contributed by atoms with E-state index in [-0.39, 0.29) is 31.1 Å². The largest absolute Gasteiger partial charge is 0.462 e. The highest BCUT2D eigenvalue weighted by Crippen LogP contribution is 2.18. The standard InChI is InChI=1S/C77H132O6/c1-4-7-10-13-16-19-22-25-27-29-30-31-32-33-34-35-36-37-38-39-40-41-42-43-44-45-46-48-49-52-55-58-61-64-67-70-76(79)82-73-74(72-81-75(78)69-66-63-60-57-54-51-24-21-18-15-12-9-6-3)83-77(80)71-68-65-62-59-56-53-50-47-28-26-23-20-17-14-11-8-5-2/h7,9-10,12,16,18-19,21,25,27,30-31,33-34,36-37,51,54,74H,4-6,8,11,13-15,17,20,22-24,26,28-29,32,35,38-50,52-53,55-73H2,1-3H3/b10-7-,12-9-,19-16-,21-18-,27-25-,31-30-,34-33-,37-36-,54-51-. The lowest BCUT2D eigenvalue weighted by molar-refractivity contribution is -0.167. The molecule has 0 saturated heterocycles. The van der Waals surface area contributed by atoms with Gasteiger partial charge in [0.1, 0.15) is 13.2 Å². The molecule has 0 aromatic heterocycles. The Morgan fingerprint density at radius 2 is 0.470 bits per heavy atom. The number of hydrogen-bond donors (Lipinski definition) is 0. The number of hydrogen-bond acceptors (Lipinski definition) is 6. The molecular weight excluding hydrogens is 1020 g/mol. The second-order valence-corrected chi connectivity index (χ2v) is 23.4. The Kier molecular flexibility index (Phi) is 67.2. The second-order valence-electron chi connectivity index (χ2n) is 23.4. The van der Waals surface area contributed by atoms with Crippen molar-refractivity contribution in [2.24, 2.45) is 0 Å². The second kappa shape index (κ2) is 70.6. The van der Waals surface area contributed by atoms with Gasteiger partial charge in [0.25, 0.3) is 0 Å². The van der Waals surface area contributed by atoms with E-state index in [2.05, 4.69) is 130 Å². The molecule has 6 heteroatoms. The summed E-state index contributed by atoms with van der Waals surface area (Å²) in [6.07, 6.45) is 97.0. The molecule has 0 bridgehead atoms. The van der Waals surface area contributed by atoms with Crippen LogP contribution in [-0.4, -0.2) is 37.2 Å². The maximum absolute atomic E-state index is 12.9. The molecule has 0 aromatic rings. The van der Waals surface area contributed by atoms with E-state index in [4.69, 9.17) is 14.2 Å². The van der Waals surface area contributed by atoms with Crippen LogP contribution in [0.3, 0.4) is 0 Å². The van der Waals surface area contributed by atoms with Crippen LogP contribution in [0.4, 0.5) is 0 Å². The molecule has 0 heterocycles. The summed E-state index contributed by atoms with van der Waals surface area (Å²) < 4.78 is 16.9. The molecule has 0 fully saturated rings. The third-order valence-electron chi connectivity index (χ3n) is 15.3. The Morgan fingerprint density at radius 1 is 0.253 bits per heavy atom. The van der Waals surface area contributed by atoms with Crippen LogP contribution in [0.5, 0.6) is 0 Å². The molecule has 1 unspecified atom stereocenters. The van der Waals surface area contributed by atoms with Crippen molar-refractivity contribution in [3.8, 4) is 0 Å². The summed E-state index contributed by atoms with van der Waals surface area (Å²) in [7, 11) is 0. The maximum Gasteiger partial charge on any atom is 0.306 e. The topological polar surface area (TPSA) is 78.9 Å². The zero-order valence-electron chi connectivity index (χ0n) is 54.7. The van der Waals surface area contributed by atoms with E-state index in [0.717, 1.165) is 122 Å². The van der Waals surface area contributed by atoms with Crippen LogP contribution in [0.15, 0.2) is 109 Å². The molecule has 0 rings (SSSR count). The molecule has 0 aromatic carbocycles. The van der Waals surface area contributed by atoms with Gasteiger partial charge in [-0.25, -0.2) is 0 Å². The highest BCUT2D eigenvalue weighted by Gasteiger charge is 2.19. The van der Waals surface area contributed by atoms with Gasteiger partial charge in [-0.15, -0.1) is 0 Å². The molecule has 1 atom stereocenters. The summed E-state index contributed by atoms with van der Waals surface area (Å²) in [5, 5.41) is 0. The summed E-state index contributed by atoms with van der Waals surface area (Å²) in [4.78, 5) is 38.4. The zero-order chi connectivity index (χ0) is 59.9. The highest BCUT2D eigenvalue weighted by molar-refractivity contribution is 5.71. The first-order valence-corrected chi connectivity index (χ1v) is 35.4. The summed E-state index contributed by atoms with van der Waals surface area (Å²) in [5.74, 6) is -0.897. The van der Waals surface area contributed by atoms with Crippen LogP contribution >= 0.6 is 0 Å². The molecule has 0 N–H and O–H groups in total. The SMILES string of the molecule is CC/C=C\C/C=C\C/C=C\C/C=C\C/C=C\C/C=C\CCCCCCCCCCCCCCCCCCC(=O)OCC(COC(=O)CCCCC/C=C\C/C=C\C/C=C\CC)OC(=O)CCCCCCCCCCCCCCCCCCC. The van der Waals surface area contributed by atoms with E-state index < -0.39 is 6.10 Å². The van der Waals surface area contributed by atoms with Gasteiger partial charge in [-0.2, -0.15) is 0 Å². The van der Waals surface area contributed by atoms with Crippen molar-refractivity contribution in [3.05, 3.63) is 109 Å². The summed E-state index contributed by atoms with van der Waals surface area (Å²) >= 11 is 0. The van der Waals surface area contributed by atoms with Gasteiger partial charge in [0.2, 0.25) is 0 Å². The predicted molar refractivity (Wildman–Crippen MR) is 362 cm³/mol. The minimum atomic E-state index is -0.788. The third-order valence-corrected chi connectivity index (χ3v) is 15.3. The summed E-state index contributed by atoms with van der Waals surface area (Å²) in [6, 6.07) is 0. The number of ether oxygens (including phenoxy) is 3. The molecule has 476 valence electrons. The van der Waals surface area contributed by atoms with Gasteiger partial charge in [0, 0.05) is 19.3 Å². The normalized spacial score (nSPS) is 12.8. The molecule has 0 aliphatic rings. The number of esters is 3. The summed E-state index contributed by atoms with van der Waals surface area (Å²) in [5.41, 5.74) is 0. The molecule has 6 nitrogen and oxygen atoms in total. The van der Waals surface area contributed by atoms with E-state index >= 15 is 0 Å². The van der Waals surface area contributed by atoms with Crippen molar-refractivity contribution in [3.63, 3.8) is 0 Å². The molecular formula is C77H132O6. The first kappa shape index (κ1) is 79.1. The van der Waals surface area contributed by atoms with Crippen molar-refractivity contribution >= 4 is 17.9 Å². The molecule has 0 aliphatic heterocycles. The number of rotatable bonds is 64. The van der Waals surface area contributed by atoms with Crippen molar-refractivity contribution in [1.82, 2.24) is 0 Å².